The molecule has 0 saturated heterocycles. The third-order valence-corrected chi connectivity index (χ3v) is 3.94. The first-order valence-electron chi connectivity index (χ1n) is 8.45. The maximum absolute atomic E-state index is 13.3. The van der Waals surface area contributed by atoms with Crippen molar-refractivity contribution in [1.29, 1.82) is 0 Å². The minimum absolute atomic E-state index is 0.0652. The van der Waals surface area contributed by atoms with Gasteiger partial charge in [-0.15, -0.1) is 0 Å². The highest BCUT2D eigenvalue weighted by Crippen LogP contribution is 2.25. The van der Waals surface area contributed by atoms with Gasteiger partial charge in [0.05, 0.1) is 12.8 Å². The van der Waals surface area contributed by atoms with Crippen molar-refractivity contribution in [2.75, 3.05) is 17.7 Å². The predicted molar refractivity (Wildman–Crippen MR) is 104 cm³/mol. The summed E-state index contributed by atoms with van der Waals surface area (Å²) in [5.41, 5.74) is 2.06. The number of carbonyl (C=O) groups is 2. The number of hydrogen-bond acceptors (Lipinski definition) is 4. The average molecular weight is 379 g/mol. The molecule has 0 fully saturated rings. The molecule has 0 bridgehead atoms. The second-order valence-electron chi connectivity index (χ2n) is 6.05. The summed E-state index contributed by atoms with van der Waals surface area (Å²) in [6, 6.07) is 13.8. The molecule has 0 aliphatic rings. The first-order chi connectivity index (χ1) is 13.5. The highest BCUT2D eigenvalue weighted by molar-refractivity contribution is 6.08. The molecule has 6 nitrogen and oxygen atoms in total. The number of methoxy groups -OCH3 is 1. The number of hydrogen-bond donors (Lipinski definition) is 2. The molecular formula is C21H18FN3O3. The second kappa shape index (κ2) is 8.30. The van der Waals surface area contributed by atoms with Crippen molar-refractivity contribution >= 4 is 23.2 Å². The molecule has 1 aromatic heterocycles. The molecule has 28 heavy (non-hydrogen) atoms. The highest BCUT2D eigenvalue weighted by Gasteiger charge is 2.14. The van der Waals surface area contributed by atoms with Crippen LogP contribution >= 0.6 is 0 Å². The van der Waals surface area contributed by atoms with Crippen LogP contribution in [0.5, 0.6) is 5.75 Å². The zero-order valence-electron chi connectivity index (χ0n) is 15.3. The molecular weight excluding hydrogens is 361 g/mol. The lowest BCUT2D eigenvalue weighted by Crippen LogP contribution is -2.17. The van der Waals surface area contributed by atoms with Gasteiger partial charge in [-0.2, -0.15) is 0 Å². The van der Waals surface area contributed by atoms with Crippen LogP contribution in [0.25, 0.3) is 0 Å². The number of nitrogens with one attached hydrogen (secondary N) is 2. The van der Waals surface area contributed by atoms with Gasteiger partial charge in [-0.1, -0.05) is 12.1 Å². The van der Waals surface area contributed by atoms with E-state index in [0.29, 0.717) is 17.1 Å². The van der Waals surface area contributed by atoms with E-state index >= 15 is 0 Å². The van der Waals surface area contributed by atoms with Gasteiger partial charge in [0.2, 0.25) is 0 Å². The zero-order chi connectivity index (χ0) is 20.1. The molecule has 7 heteroatoms. The average Bonchev–Trinajstić information content (AvgIpc) is 2.68. The Labute approximate surface area is 161 Å². The molecule has 1 heterocycles. The minimum atomic E-state index is -0.482. The molecule has 0 atom stereocenters. The van der Waals surface area contributed by atoms with Gasteiger partial charge in [0, 0.05) is 17.4 Å². The van der Waals surface area contributed by atoms with Gasteiger partial charge in [-0.3, -0.25) is 14.6 Å². The Morgan fingerprint density at radius 2 is 1.82 bits per heavy atom. The Balaban J connectivity index is 1.78. The van der Waals surface area contributed by atoms with Crippen LogP contribution in [0.3, 0.4) is 0 Å². The van der Waals surface area contributed by atoms with Gasteiger partial charge in [-0.05, 0) is 55.0 Å². The first kappa shape index (κ1) is 19.0. The van der Waals surface area contributed by atoms with Gasteiger partial charge < -0.3 is 15.4 Å². The van der Waals surface area contributed by atoms with Crippen molar-refractivity contribution in [2.24, 2.45) is 0 Å². The topological polar surface area (TPSA) is 80.3 Å². The second-order valence-corrected chi connectivity index (χ2v) is 6.05. The van der Waals surface area contributed by atoms with Crippen molar-refractivity contribution in [2.45, 2.75) is 6.92 Å². The molecule has 0 radical (unpaired) electrons. The fourth-order valence-corrected chi connectivity index (χ4v) is 2.57. The van der Waals surface area contributed by atoms with E-state index in [1.165, 1.54) is 43.6 Å². The number of amides is 2. The van der Waals surface area contributed by atoms with E-state index in [2.05, 4.69) is 15.6 Å². The van der Waals surface area contributed by atoms with E-state index in [1.807, 2.05) is 13.0 Å². The minimum Gasteiger partial charge on any atom is -0.495 e. The van der Waals surface area contributed by atoms with E-state index in [9.17, 15) is 14.0 Å². The molecule has 3 aromatic rings. The van der Waals surface area contributed by atoms with Crippen molar-refractivity contribution in [1.82, 2.24) is 4.98 Å². The third-order valence-electron chi connectivity index (χ3n) is 3.94. The van der Waals surface area contributed by atoms with Gasteiger partial charge in [0.1, 0.15) is 17.3 Å². The fourth-order valence-electron chi connectivity index (χ4n) is 2.57. The zero-order valence-corrected chi connectivity index (χ0v) is 15.3. The Kier molecular flexibility index (Phi) is 5.64. The number of pyridine rings is 1. The summed E-state index contributed by atoms with van der Waals surface area (Å²) >= 11 is 0. The molecule has 0 aliphatic carbocycles. The Morgan fingerprint density at radius 3 is 2.57 bits per heavy atom. The van der Waals surface area contributed by atoms with Crippen LogP contribution in [0.2, 0.25) is 0 Å². The molecule has 0 aliphatic heterocycles. The van der Waals surface area contributed by atoms with Gasteiger partial charge in [0.15, 0.2) is 0 Å². The van der Waals surface area contributed by atoms with Crippen LogP contribution in [0.1, 0.15) is 26.4 Å². The van der Waals surface area contributed by atoms with E-state index in [4.69, 9.17) is 4.74 Å². The van der Waals surface area contributed by atoms with Crippen LogP contribution in [0.4, 0.5) is 15.8 Å². The van der Waals surface area contributed by atoms with E-state index < -0.39 is 17.6 Å². The molecule has 0 unspecified atom stereocenters. The molecule has 2 amide bonds. The van der Waals surface area contributed by atoms with Crippen LogP contribution < -0.4 is 15.4 Å². The molecule has 142 valence electrons. The van der Waals surface area contributed by atoms with Gasteiger partial charge >= 0.3 is 0 Å². The maximum atomic E-state index is 13.3. The number of aromatic nitrogens is 1. The van der Waals surface area contributed by atoms with Crippen molar-refractivity contribution in [3.8, 4) is 5.75 Å². The number of anilines is 2. The lowest BCUT2D eigenvalue weighted by Gasteiger charge is -2.11. The molecule has 0 saturated carbocycles. The van der Waals surface area contributed by atoms with Crippen LogP contribution in [-0.2, 0) is 0 Å². The van der Waals surface area contributed by atoms with Crippen LogP contribution in [-0.4, -0.2) is 23.9 Å². The monoisotopic (exact) mass is 379 g/mol. The first-order valence-corrected chi connectivity index (χ1v) is 8.45. The quantitative estimate of drug-likeness (QED) is 0.701. The molecule has 2 N–H and O–H groups in total. The van der Waals surface area contributed by atoms with Crippen LogP contribution in [0, 0.1) is 12.7 Å². The number of carbonyl (C=O) groups excluding carboxylic acids is 2. The van der Waals surface area contributed by atoms with Crippen molar-refractivity contribution in [3.63, 3.8) is 0 Å². The summed E-state index contributed by atoms with van der Waals surface area (Å²) in [6.45, 7) is 1.89. The lowest BCUT2D eigenvalue weighted by atomic mass is 10.1. The largest absolute Gasteiger partial charge is 0.495 e. The molecule has 0 spiro atoms. The summed E-state index contributed by atoms with van der Waals surface area (Å²) in [5, 5.41) is 5.32. The third kappa shape index (κ3) is 4.50. The van der Waals surface area contributed by atoms with Crippen molar-refractivity contribution < 1.29 is 18.7 Å². The number of halogens is 1. The van der Waals surface area contributed by atoms with Gasteiger partial charge in [0.25, 0.3) is 11.8 Å². The Hall–Kier alpha value is -3.74. The summed E-state index contributed by atoms with van der Waals surface area (Å²) < 4.78 is 18.5. The summed E-state index contributed by atoms with van der Waals surface area (Å²) in [6.07, 6.45) is 1.36. The van der Waals surface area contributed by atoms with Crippen molar-refractivity contribution in [3.05, 3.63) is 83.4 Å². The van der Waals surface area contributed by atoms with E-state index in [-0.39, 0.29) is 11.3 Å². The highest BCUT2D eigenvalue weighted by atomic mass is 19.1. The van der Waals surface area contributed by atoms with Gasteiger partial charge in [-0.25, -0.2) is 4.39 Å². The number of rotatable bonds is 5. The smallest absolute Gasteiger partial charge is 0.274 e. The lowest BCUT2D eigenvalue weighted by molar-refractivity contribution is 0.102. The Bertz CT molecular complexity index is 1040. The Morgan fingerprint density at radius 1 is 1.00 bits per heavy atom. The standard InChI is InChI=1S/C21H18FN3O3/c1-13-6-7-19(28-2)17(10-13)25-21(27)18-11-14(8-9-23-18)20(26)24-16-5-3-4-15(22)12-16/h3-12H,1-2H3,(H,24,26)(H,25,27). The maximum Gasteiger partial charge on any atom is 0.274 e. The SMILES string of the molecule is COc1ccc(C)cc1NC(=O)c1cc(C(=O)Nc2cccc(F)c2)ccn1. The summed E-state index contributed by atoms with van der Waals surface area (Å²) in [7, 11) is 1.51. The normalized spacial score (nSPS) is 10.2. The number of benzene rings is 2. The molecule has 3 rings (SSSR count). The number of ether oxygens (including phenoxy) is 1. The molecule has 2 aromatic carbocycles. The van der Waals surface area contributed by atoms with E-state index in [1.54, 1.807) is 18.2 Å². The summed E-state index contributed by atoms with van der Waals surface area (Å²) in [4.78, 5) is 29.0. The van der Waals surface area contributed by atoms with E-state index in [0.717, 1.165) is 5.56 Å². The summed E-state index contributed by atoms with van der Waals surface area (Å²) in [5.74, 6) is -0.904. The number of aryl methyl sites for hydroxylation is 1. The fraction of sp³-hybridized carbons (Fsp3) is 0.0952. The number of nitrogens with zero attached hydrogens (tertiary/aromatic N) is 1. The van der Waals surface area contributed by atoms with Crippen LogP contribution in [0.15, 0.2) is 60.8 Å². The predicted octanol–water partition coefficient (Wildman–Crippen LogP) is 4.04.